The number of hydrogen-bond donors (Lipinski definition) is 0. The first-order valence-corrected chi connectivity index (χ1v) is 15.1. The smallest absolute Gasteiger partial charge is 0.227 e. The topological polar surface area (TPSA) is 97.4 Å². The van der Waals surface area contributed by atoms with E-state index in [1.165, 1.54) is 7.11 Å². The molecule has 0 aromatic heterocycles. The first-order chi connectivity index (χ1) is 20.7. The molecule has 0 N–H and O–H groups in total. The molecule has 0 unspecified atom stereocenters. The lowest BCUT2D eigenvalue weighted by molar-refractivity contribution is -0.319. The molecule has 2 bridgehead atoms. The van der Waals surface area contributed by atoms with Gasteiger partial charge in [-0.05, 0) is 23.8 Å². The number of Topliss-reactive ketones (excluding diaryl/α,β-unsaturated/α-hetero) is 2. The molecule has 0 amide bonds. The Kier molecular flexibility index (Phi) is 9.73. The quantitative estimate of drug-likeness (QED) is 0.157. The van der Waals surface area contributed by atoms with E-state index in [1.807, 2.05) is 60.7 Å². The summed E-state index contributed by atoms with van der Waals surface area (Å²) in [5.74, 6) is -2.71. The summed E-state index contributed by atoms with van der Waals surface area (Å²) in [6.07, 6.45) is 2.04. The van der Waals surface area contributed by atoms with Crippen molar-refractivity contribution in [1.29, 1.82) is 0 Å². The van der Waals surface area contributed by atoms with Crippen LogP contribution in [0.2, 0.25) is 0 Å². The van der Waals surface area contributed by atoms with E-state index in [4.69, 9.17) is 23.7 Å². The van der Waals surface area contributed by atoms with Gasteiger partial charge < -0.3 is 28.5 Å². The van der Waals surface area contributed by atoms with E-state index < -0.39 is 52.9 Å². The maximum absolute atomic E-state index is 14.0. The van der Waals surface area contributed by atoms with E-state index in [0.717, 1.165) is 29.4 Å². The van der Waals surface area contributed by atoms with Crippen LogP contribution in [0.15, 0.2) is 72.3 Å². The van der Waals surface area contributed by atoms with Crippen LogP contribution in [0.25, 0.3) is 0 Å². The SMILES string of the molecule is COCO[C@H]1C(=O)C(=O)[C@H](C)[C@@H]([C@]2(OCc3ccccc3)CO[C@@H](c3ccccc3)O[C@H]2CC=O)/C=C2\CC[C@H]1C2(C)C. The summed E-state index contributed by atoms with van der Waals surface area (Å²) < 4.78 is 30.8. The minimum absolute atomic E-state index is 0.0294. The van der Waals surface area contributed by atoms with Crippen LogP contribution in [0.1, 0.15) is 57.5 Å². The Bertz CT molecular complexity index is 1310. The number of benzene rings is 2. The molecular weight excluding hydrogens is 548 g/mol. The molecular formula is C35H42O8. The monoisotopic (exact) mass is 590 g/mol. The Morgan fingerprint density at radius 2 is 1.70 bits per heavy atom. The second-order valence-corrected chi connectivity index (χ2v) is 12.4. The van der Waals surface area contributed by atoms with Crippen LogP contribution in [0.3, 0.4) is 0 Å². The number of fused-ring (bicyclic) bond motifs is 2. The molecule has 230 valence electrons. The lowest BCUT2D eigenvalue weighted by Gasteiger charge is -2.50. The summed E-state index contributed by atoms with van der Waals surface area (Å²) in [6, 6.07) is 19.3. The van der Waals surface area contributed by atoms with Gasteiger partial charge in [0.25, 0.3) is 0 Å². The largest absolute Gasteiger partial charge is 0.365 e. The molecule has 1 aliphatic heterocycles. The molecule has 1 heterocycles. The molecule has 2 fully saturated rings. The first-order valence-electron chi connectivity index (χ1n) is 15.1. The molecule has 0 radical (unpaired) electrons. The van der Waals surface area contributed by atoms with E-state index in [2.05, 4.69) is 19.9 Å². The molecule has 2 aromatic rings. The minimum atomic E-state index is -1.24. The summed E-state index contributed by atoms with van der Waals surface area (Å²) >= 11 is 0. The van der Waals surface area contributed by atoms with Crippen molar-refractivity contribution in [1.82, 2.24) is 0 Å². The average Bonchev–Trinajstić information content (AvgIpc) is 3.32. The van der Waals surface area contributed by atoms with Crippen molar-refractivity contribution in [3.05, 3.63) is 83.4 Å². The number of rotatable bonds is 10. The van der Waals surface area contributed by atoms with Gasteiger partial charge in [0.2, 0.25) is 11.6 Å². The summed E-state index contributed by atoms with van der Waals surface area (Å²) in [7, 11) is 1.50. The van der Waals surface area contributed by atoms with Gasteiger partial charge in [0.1, 0.15) is 24.8 Å². The third kappa shape index (κ3) is 6.17. The maximum atomic E-state index is 14.0. The zero-order valence-electron chi connectivity index (χ0n) is 25.4. The molecule has 43 heavy (non-hydrogen) atoms. The number of ketones is 2. The number of carbonyl (C=O) groups excluding carboxylic acids is 3. The standard InChI is InChI=1S/C35H42O8/c1-23-28(19-26-15-16-27(34(26,2)3)32(41-22-39-4)31(38)30(23)37)35(42-20-24-11-7-5-8-12-24)21-40-33(43-29(35)17-18-36)25-13-9-6-10-14-25/h5-14,18-19,23,27-29,32-33H,15-17,20-22H2,1-4H3/b26-19+/t23-,27-,28+,29+,32-,33-,35-/m1/s1. The van der Waals surface area contributed by atoms with Crippen LogP contribution in [0.4, 0.5) is 0 Å². The zero-order valence-corrected chi connectivity index (χ0v) is 25.4. The Hall–Kier alpha value is -3.01. The van der Waals surface area contributed by atoms with Crippen molar-refractivity contribution < 1.29 is 38.1 Å². The highest BCUT2D eigenvalue weighted by atomic mass is 16.7. The van der Waals surface area contributed by atoms with E-state index in [-0.39, 0.29) is 32.3 Å². The van der Waals surface area contributed by atoms with E-state index in [9.17, 15) is 14.4 Å². The highest BCUT2D eigenvalue weighted by molar-refractivity contribution is 6.39. The number of aldehydes is 1. The van der Waals surface area contributed by atoms with Gasteiger partial charge in [-0.3, -0.25) is 9.59 Å². The van der Waals surface area contributed by atoms with Gasteiger partial charge in [-0.2, -0.15) is 0 Å². The fourth-order valence-corrected chi connectivity index (χ4v) is 7.09. The van der Waals surface area contributed by atoms with Crippen molar-refractivity contribution in [3.8, 4) is 0 Å². The van der Waals surface area contributed by atoms with Gasteiger partial charge in [-0.25, -0.2) is 0 Å². The molecule has 0 spiro atoms. The predicted octanol–water partition coefficient (Wildman–Crippen LogP) is 5.40. The molecule has 1 saturated heterocycles. The van der Waals surface area contributed by atoms with Crippen LogP contribution in [0, 0.1) is 23.2 Å². The molecule has 2 aliphatic carbocycles. The van der Waals surface area contributed by atoms with Gasteiger partial charge >= 0.3 is 0 Å². The van der Waals surface area contributed by atoms with Crippen LogP contribution in [0.5, 0.6) is 0 Å². The highest BCUT2D eigenvalue weighted by Crippen LogP contribution is 2.53. The van der Waals surface area contributed by atoms with Gasteiger partial charge in [0, 0.05) is 36.8 Å². The van der Waals surface area contributed by atoms with Gasteiger partial charge in [0.05, 0.1) is 19.3 Å². The molecule has 8 nitrogen and oxygen atoms in total. The predicted molar refractivity (Wildman–Crippen MR) is 159 cm³/mol. The zero-order chi connectivity index (χ0) is 30.6. The number of hydrogen-bond acceptors (Lipinski definition) is 8. The van der Waals surface area contributed by atoms with E-state index in [1.54, 1.807) is 6.92 Å². The fourth-order valence-electron chi connectivity index (χ4n) is 7.09. The summed E-state index contributed by atoms with van der Waals surface area (Å²) in [4.78, 5) is 40.1. The van der Waals surface area contributed by atoms with Crippen LogP contribution < -0.4 is 0 Å². The third-order valence-corrected chi connectivity index (χ3v) is 9.63. The van der Waals surface area contributed by atoms with E-state index in [0.29, 0.717) is 6.42 Å². The van der Waals surface area contributed by atoms with Crippen molar-refractivity contribution in [2.45, 2.75) is 70.7 Å². The van der Waals surface area contributed by atoms with Gasteiger partial charge in [-0.15, -0.1) is 0 Å². The Morgan fingerprint density at radius 1 is 1.00 bits per heavy atom. The maximum Gasteiger partial charge on any atom is 0.227 e. The fraction of sp³-hybridized carbons (Fsp3) is 0.514. The normalized spacial score (nSPS) is 33.6. The Labute approximate surface area is 253 Å². The van der Waals surface area contributed by atoms with Crippen molar-refractivity contribution in [3.63, 3.8) is 0 Å². The minimum Gasteiger partial charge on any atom is -0.365 e. The third-order valence-electron chi connectivity index (χ3n) is 9.63. The van der Waals surface area contributed by atoms with E-state index >= 15 is 0 Å². The van der Waals surface area contributed by atoms with Crippen molar-refractivity contribution in [2.24, 2.45) is 23.2 Å². The van der Waals surface area contributed by atoms with Crippen LogP contribution in [-0.2, 0) is 44.7 Å². The van der Waals surface area contributed by atoms with Gasteiger partial charge in [0.15, 0.2) is 6.29 Å². The summed E-state index contributed by atoms with van der Waals surface area (Å²) in [5.41, 5.74) is 1.20. The second kappa shape index (κ2) is 13.3. The number of methoxy groups -OCH3 is 1. The summed E-state index contributed by atoms with van der Waals surface area (Å²) in [5, 5.41) is 0. The molecule has 1 saturated carbocycles. The summed E-state index contributed by atoms with van der Waals surface area (Å²) in [6.45, 7) is 6.15. The molecule has 3 aliphatic rings. The molecule has 7 atom stereocenters. The number of allylic oxidation sites excluding steroid dienone is 1. The second-order valence-electron chi connectivity index (χ2n) is 12.4. The number of ether oxygens (including phenoxy) is 5. The van der Waals surface area contributed by atoms with Crippen molar-refractivity contribution >= 4 is 17.9 Å². The molecule has 5 rings (SSSR count). The van der Waals surface area contributed by atoms with Crippen molar-refractivity contribution in [2.75, 3.05) is 20.5 Å². The Morgan fingerprint density at radius 3 is 2.37 bits per heavy atom. The van der Waals surface area contributed by atoms with Crippen LogP contribution >= 0.6 is 0 Å². The molecule has 2 aromatic carbocycles. The number of carbonyl (C=O) groups is 3. The van der Waals surface area contributed by atoms with Gasteiger partial charge in [-0.1, -0.05) is 93.1 Å². The van der Waals surface area contributed by atoms with Crippen LogP contribution in [-0.4, -0.2) is 56.2 Å². The first kappa shape index (κ1) is 31.4. The molecule has 8 heteroatoms. The average molecular weight is 591 g/mol. The lowest BCUT2D eigenvalue weighted by atomic mass is 9.70. The highest BCUT2D eigenvalue weighted by Gasteiger charge is 2.57. The lowest BCUT2D eigenvalue weighted by Crippen LogP contribution is -2.61. The Balaban J connectivity index is 1.61.